The minimum atomic E-state index is 0.0230. The van der Waals surface area contributed by atoms with Crippen LogP contribution in [0.15, 0.2) is 24.3 Å². The highest BCUT2D eigenvalue weighted by atomic mass is 16.1. The number of aromatic amines is 1. The van der Waals surface area contributed by atoms with Crippen LogP contribution < -0.4 is 5.32 Å². The molecule has 112 valence electrons. The van der Waals surface area contributed by atoms with Gasteiger partial charge in [-0.05, 0) is 43.4 Å². The van der Waals surface area contributed by atoms with Gasteiger partial charge < -0.3 is 10.3 Å². The molecule has 0 bridgehead atoms. The zero-order valence-corrected chi connectivity index (χ0v) is 13.1. The molecule has 0 unspecified atom stereocenters. The molecule has 1 aliphatic carbocycles. The maximum Gasteiger partial charge on any atom is 0.267 e. The summed E-state index contributed by atoms with van der Waals surface area (Å²) in [4.78, 5) is 15.7. The minimum Gasteiger partial charge on any atom is -0.351 e. The Morgan fingerprint density at radius 3 is 2.86 bits per heavy atom. The SMILES string of the molecule is Cc1ccc2[nH]c(C(=O)N[C@@H]3CCC[C@@H](C)[C@@H]3C)cc2c1. The maximum absolute atomic E-state index is 12.5. The van der Waals surface area contributed by atoms with E-state index in [0.717, 1.165) is 17.3 Å². The highest BCUT2D eigenvalue weighted by Gasteiger charge is 2.28. The normalized spacial score (nSPS) is 26.0. The largest absolute Gasteiger partial charge is 0.351 e. The Labute approximate surface area is 126 Å². The van der Waals surface area contributed by atoms with Crippen LogP contribution in [0.5, 0.6) is 0 Å². The molecule has 3 rings (SSSR count). The Balaban J connectivity index is 1.77. The van der Waals surface area contributed by atoms with Gasteiger partial charge in [-0.3, -0.25) is 4.79 Å². The van der Waals surface area contributed by atoms with Gasteiger partial charge in [-0.25, -0.2) is 0 Å². The number of nitrogens with one attached hydrogen (secondary N) is 2. The molecule has 21 heavy (non-hydrogen) atoms. The molecule has 0 saturated heterocycles. The van der Waals surface area contributed by atoms with E-state index in [-0.39, 0.29) is 5.91 Å². The Hall–Kier alpha value is -1.77. The lowest BCUT2D eigenvalue weighted by atomic mass is 9.78. The number of carbonyl (C=O) groups excluding carboxylic acids is 1. The number of fused-ring (bicyclic) bond motifs is 1. The van der Waals surface area contributed by atoms with Gasteiger partial charge in [0.1, 0.15) is 5.69 Å². The molecule has 1 amide bonds. The number of aromatic nitrogens is 1. The lowest BCUT2D eigenvalue weighted by molar-refractivity contribution is 0.0887. The molecule has 2 N–H and O–H groups in total. The fraction of sp³-hybridized carbons (Fsp3) is 0.500. The van der Waals surface area contributed by atoms with Crippen molar-refractivity contribution in [3.8, 4) is 0 Å². The van der Waals surface area contributed by atoms with Gasteiger partial charge in [0.05, 0.1) is 0 Å². The molecule has 0 radical (unpaired) electrons. The van der Waals surface area contributed by atoms with E-state index in [9.17, 15) is 4.79 Å². The third kappa shape index (κ3) is 2.82. The number of hydrogen-bond donors (Lipinski definition) is 2. The number of hydrogen-bond acceptors (Lipinski definition) is 1. The van der Waals surface area contributed by atoms with Gasteiger partial charge in [-0.2, -0.15) is 0 Å². The molecule has 1 fully saturated rings. The van der Waals surface area contributed by atoms with Crippen LogP contribution in [0.1, 0.15) is 49.2 Å². The Kier molecular flexibility index (Phi) is 3.75. The van der Waals surface area contributed by atoms with E-state index < -0.39 is 0 Å². The van der Waals surface area contributed by atoms with Crippen molar-refractivity contribution in [1.29, 1.82) is 0 Å². The minimum absolute atomic E-state index is 0.0230. The van der Waals surface area contributed by atoms with E-state index >= 15 is 0 Å². The number of H-pyrrole nitrogens is 1. The Morgan fingerprint density at radius 2 is 2.05 bits per heavy atom. The molecule has 1 saturated carbocycles. The summed E-state index contributed by atoms with van der Waals surface area (Å²) < 4.78 is 0. The predicted octanol–water partition coefficient (Wildman–Crippen LogP) is 4.03. The average molecular weight is 284 g/mol. The third-order valence-electron chi connectivity index (χ3n) is 5.04. The maximum atomic E-state index is 12.5. The summed E-state index contributed by atoms with van der Waals surface area (Å²) in [6.07, 6.45) is 3.58. The first kappa shape index (κ1) is 14.2. The zero-order valence-electron chi connectivity index (χ0n) is 13.1. The van der Waals surface area contributed by atoms with Gasteiger partial charge in [0.2, 0.25) is 0 Å². The number of amides is 1. The topological polar surface area (TPSA) is 44.9 Å². The zero-order chi connectivity index (χ0) is 15.0. The standard InChI is InChI=1S/C18H24N2O/c1-11-7-8-16-14(9-11)10-17(19-16)18(21)20-15-6-4-5-12(2)13(15)3/h7-10,12-13,15,19H,4-6H2,1-3H3,(H,20,21)/t12-,13+,15-/m1/s1. The van der Waals surface area contributed by atoms with E-state index in [2.05, 4.69) is 43.2 Å². The average Bonchev–Trinajstić information content (AvgIpc) is 2.87. The van der Waals surface area contributed by atoms with E-state index in [1.807, 2.05) is 12.1 Å². The molecule has 3 atom stereocenters. The second-order valence-corrected chi connectivity index (χ2v) is 6.62. The van der Waals surface area contributed by atoms with Gasteiger partial charge in [0.15, 0.2) is 0 Å². The number of carbonyl (C=O) groups is 1. The highest BCUT2D eigenvalue weighted by Crippen LogP contribution is 2.29. The van der Waals surface area contributed by atoms with Crippen LogP contribution in [0.2, 0.25) is 0 Å². The lowest BCUT2D eigenvalue weighted by Gasteiger charge is -2.34. The third-order valence-corrected chi connectivity index (χ3v) is 5.04. The summed E-state index contributed by atoms with van der Waals surface area (Å²) in [5.41, 5.74) is 2.90. The molecule has 0 spiro atoms. The summed E-state index contributed by atoms with van der Waals surface area (Å²) in [5, 5.41) is 4.32. The van der Waals surface area contributed by atoms with Crippen molar-refractivity contribution in [3.63, 3.8) is 0 Å². The van der Waals surface area contributed by atoms with Crippen molar-refractivity contribution in [2.75, 3.05) is 0 Å². The first-order valence-electron chi connectivity index (χ1n) is 7.95. The number of rotatable bonds is 2. The predicted molar refractivity (Wildman–Crippen MR) is 86.5 cm³/mol. The van der Waals surface area contributed by atoms with Crippen LogP contribution in [0.4, 0.5) is 0 Å². The van der Waals surface area contributed by atoms with Crippen molar-refractivity contribution in [1.82, 2.24) is 10.3 Å². The van der Waals surface area contributed by atoms with Crippen LogP contribution in [0.3, 0.4) is 0 Å². The quantitative estimate of drug-likeness (QED) is 0.859. The molecule has 3 nitrogen and oxygen atoms in total. The summed E-state index contributed by atoms with van der Waals surface area (Å²) >= 11 is 0. The first-order chi connectivity index (χ1) is 10.0. The molecule has 2 aromatic rings. The molecule has 1 aromatic carbocycles. The van der Waals surface area contributed by atoms with Crippen LogP contribution >= 0.6 is 0 Å². The van der Waals surface area contributed by atoms with Crippen LogP contribution in [-0.4, -0.2) is 16.9 Å². The van der Waals surface area contributed by atoms with Crippen molar-refractivity contribution >= 4 is 16.8 Å². The number of benzene rings is 1. The second-order valence-electron chi connectivity index (χ2n) is 6.62. The van der Waals surface area contributed by atoms with E-state index in [1.54, 1.807) is 0 Å². The smallest absolute Gasteiger partial charge is 0.267 e. The van der Waals surface area contributed by atoms with Gasteiger partial charge in [-0.15, -0.1) is 0 Å². The lowest BCUT2D eigenvalue weighted by Crippen LogP contribution is -2.43. The molecule has 1 aliphatic rings. The second kappa shape index (κ2) is 5.55. The monoisotopic (exact) mass is 284 g/mol. The summed E-state index contributed by atoms with van der Waals surface area (Å²) in [6.45, 7) is 6.61. The van der Waals surface area contributed by atoms with E-state index in [1.165, 1.54) is 18.4 Å². The first-order valence-corrected chi connectivity index (χ1v) is 7.95. The van der Waals surface area contributed by atoms with Crippen LogP contribution in [0, 0.1) is 18.8 Å². The molecular formula is C18H24N2O. The fourth-order valence-corrected chi connectivity index (χ4v) is 3.41. The molecular weight excluding hydrogens is 260 g/mol. The summed E-state index contributed by atoms with van der Waals surface area (Å²) in [7, 11) is 0. The van der Waals surface area contributed by atoms with Crippen molar-refractivity contribution < 1.29 is 4.79 Å². The Bertz CT molecular complexity index is 658. The van der Waals surface area contributed by atoms with E-state index in [4.69, 9.17) is 0 Å². The summed E-state index contributed by atoms with van der Waals surface area (Å²) in [6, 6.07) is 8.45. The molecule has 3 heteroatoms. The highest BCUT2D eigenvalue weighted by molar-refractivity contribution is 5.98. The van der Waals surface area contributed by atoms with Crippen LogP contribution in [0.25, 0.3) is 10.9 Å². The number of aryl methyl sites for hydroxylation is 1. The Morgan fingerprint density at radius 1 is 1.24 bits per heavy atom. The van der Waals surface area contributed by atoms with E-state index in [0.29, 0.717) is 23.6 Å². The van der Waals surface area contributed by atoms with Crippen molar-refractivity contribution in [2.45, 2.75) is 46.1 Å². The van der Waals surface area contributed by atoms with Crippen molar-refractivity contribution in [2.24, 2.45) is 11.8 Å². The van der Waals surface area contributed by atoms with Gasteiger partial charge in [0, 0.05) is 16.9 Å². The molecule has 0 aliphatic heterocycles. The fourth-order valence-electron chi connectivity index (χ4n) is 3.41. The van der Waals surface area contributed by atoms with Gasteiger partial charge in [0.25, 0.3) is 5.91 Å². The molecule has 1 heterocycles. The van der Waals surface area contributed by atoms with Crippen molar-refractivity contribution in [3.05, 3.63) is 35.5 Å². The molecule has 1 aromatic heterocycles. The van der Waals surface area contributed by atoms with Crippen LogP contribution in [-0.2, 0) is 0 Å². The van der Waals surface area contributed by atoms with Gasteiger partial charge >= 0.3 is 0 Å². The van der Waals surface area contributed by atoms with Gasteiger partial charge in [-0.1, -0.05) is 38.3 Å². The summed E-state index contributed by atoms with van der Waals surface area (Å²) in [5.74, 6) is 1.26.